The van der Waals surface area contributed by atoms with Gasteiger partial charge in [0.25, 0.3) is 5.56 Å². The number of fused-ring (bicyclic) bond motifs is 1. The first-order valence-electron chi connectivity index (χ1n) is 8.92. The molecule has 1 saturated heterocycles. The largest absolute Gasteiger partial charge is 0.302 e. The topological polar surface area (TPSA) is 79.6 Å². The molecular formula is C18H21N5O2S2. The van der Waals surface area contributed by atoms with Crippen molar-refractivity contribution in [2.24, 2.45) is 5.92 Å². The number of nitrogens with one attached hydrogen (secondary N) is 1. The summed E-state index contributed by atoms with van der Waals surface area (Å²) in [6.07, 6.45) is 1.82. The number of aromatic nitrogens is 3. The van der Waals surface area contributed by atoms with Crippen LogP contribution in [-0.4, -0.2) is 38.3 Å². The fraction of sp³-hybridized carbons (Fsp3) is 0.444. The molecule has 1 aliphatic heterocycles. The van der Waals surface area contributed by atoms with Crippen molar-refractivity contribution in [3.8, 4) is 0 Å². The van der Waals surface area contributed by atoms with Crippen molar-refractivity contribution in [2.45, 2.75) is 33.2 Å². The standard InChI is InChI=1S/C18H21N5O2S2/c1-11-9-26-17(19-11)21-16(25)13-4-3-5-22(7-13)8-14-6-15(24)23-12(2)10-27-18(23)20-14/h6,9-10,13H,3-5,7-8H2,1-2H3,(H,19,21,25). The normalized spacial score (nSPS) is 18.1. The number of nitrogens with zero attached hydrogens (tertiary/aromatic N) is 4. The quantitative estimate of drug-likeness (QED) is 0.725. The zero-order chi connectivity index (χ0) is 19.0. The van der Waals surface area contributed by atoms with E-state index in [2.05, 4.69) is 20.2 Å². The number of rotatable bonds is 4. The molecule has 1 unspecified atom stereocenters. The molecular weight excluding hydrogens is 382 g/mol. The van der Waals surface area contributed by atoms with Crippen LogP contribution < -0.4 is 10.9 Å². The summed E-state index contributed by atoms with van der Waals surface area (Å²) < 4.78 is 1.64. The summed E-state index contributed by atoms with van der Waals surface area (Å²) in [5, 5.41) is 7.45. The van der Waals surface area contributed by atoms with Gasteiger partial charge in [-0.15, -0.1) is 22.7 Å². The van der Waals surface area contributed by atoms with Crippen LogP contribution in [0, 0.1) is 19.8 Å². The fourth-order valence-corrected chi connectivity index (χ4v) is 5.02. The molecule has 0 saturated carbocycles. The number of piperidine rings is 1. The molecule has 1 atom stereocenters. The predicted molar refractivity (Wildman–Crippen MR) is 108 cm³/mol. The highest BCUT2D eigenvalue weighted by Gasteiger charge is 2.26. The number of amides is 1. The van der Waals surface area contributed by atoms with Gasteiger partial charge in [-0.05, 0) is 33.2 Å². The van der Waals surface area contributed by atoms with E-state index >= 15 is 0 Å². The van der Waals surface area contributed by atoms with Crippen molar-refractivity contribution in [1.29, 1.82) is 0 Å². The Hall–Kier alpha value is -2.10. The second kappa shape index (κ2) is 7.49. The third-order valence-corrected chi connectivity index (χ3v) is 6.56. The second-order valence-electron chi connectivity index (χ2n) is 6.94. The van der Waals surface area contributed by atoms with Crippen LogP contribution in [0.2, 0.25) is 0 Å². The molecule has 1 fully saturated rings. The summed E-state index contributed by atoms with van der Waals surface area (Å²) in [5.74, 6) is -0.0526. The lowest BCUT2D eigenvalue weighted by Crippen LogP contribution is -2.40. The molecule has 1 aliphatic rings. The van der Waals surface area contributed by atoms with Crippen LogP contribution in [0.5, 0.6) is 0 Å². The van der Waals surface area contributed by atoms with E-state index in [0.717, 1.165) is 41.4 Å². The first-order chi connectivity index (χ1) is 13.0. The van der Waals surface area contributed by atoms with E-state index in [1.165, 1.54) is 22.7 Å². The smallest absolute Gasteiger partial charge is 0.259 e. The predicted octanol–water partition coefficient (Wildman–Crippen LogP) is 2.68. The van der Waals surface area contributed by atoms with Crippen molar-refractivity contribution >= 4 is 38.7 Å². The molecule has 142 valence electrons. The molecule has 0 spiro atoms. The van der Waals surface area contributed by atoms with Crippen molar-refractivity contribution in [3.63, 3.8) is 0 Å². The maximum atomic E-state index is 12.6. The average molecular weight is 404 g/mol. The van der Waals surface area contributed by atoms with Crippen molar-refractivity contribution < 1.29 is 4.79 Å². The summed E-state index contributed by atoms with van der Waals surface area (Å²) in [6, 6.07) is 1.61. The number of thiazole rings is 2. The SMILES string of the molecule is Cc1csc(NC(=O)C2CCCN(Cc3cc(=O)n4c(C)csc4n3)C2)n1. The van der Waals surface area contributed by atoms with E-state index in [9.17, 15) is 9.59 Å². The highest BCUT2D eigenvalue weighted by atomic mass is 32.1. The van der Waals surface area contributed by atoms with Crippen molar-refractivity contribution in [2.75, 3.05) is 18.4 Å². The maximum Gasteiger partial charge on any atom is 0.259 e. The Morgan fingerprint density at radius 3 is 2.93 bits per heavy atom. The van der Waals surface area contributed by atoms with Gasteiger partial charge in [-0.1, -0.05) is 0 Å². The molecule has 0 aliphatic carbocycles. The fourth-order valence-electron chi connectivity index (χ4n) is 3.44. The van der Waals surface area contributed by atoms with Gasteiger partial charge >= 0.3 is 0 Å². The van der Waals surface area contributed by atoms with Crippen molar-refractivity contribution in [3.05, 3.63) is 44.3 Å². The number of aryl methyl sites for hydroxylation is 2. The Balaban J connectivity index is 1.44. The molecule has 4 rings (SSSR count). The van der Waals surface area contributed by atoms with Gasteiger partial charge in [0.05, 0.1) is 17.3 Å². The Bertz CT molecular complexity index is 1040. The lowest BCUT2D eigenvalue weighted by molar-refractivity contribution is -0.121. The van der Waals surface area contributed by atoms with E-state index in [4.69, 9.17) is 0 Å². The molecule has 1 amide bonds. The Kier molecular flexibility index (Phi) is 5.07. The van der Waals surface area contributed by atoms with Gasteiger partial charge in [0, 0.05) is 35.6 Å². The highest BCUT2D eigenvalue weighted by molar-refractivity contribution is 7.15. The van der Waals surface area contributed by atoms with Gasteiger partial charge in [-0.25, -0.2) is 9.97 Å². The summed E-state index contributed by atoms with van der Waals surface area (Å²) in [7, 11) is 0. The van der Waals surface area contributed by atoms with Crippen LogP contribution in [0.3, 0.4) is 0 Å². The van der Waals surface area contributed by atoms with Crippen LogP contribution in [0.25, 0.3) is 4.96 Å². The molecule has 4 heterocycles. The minimum atomic E-state index is -0.0724. The number of carbonyl (C=O) groups excluding carboxylic acids is 1. The summed E-state index contributed by atoms with van der Waals surface area (Å²) in [5.41, 5.74) is 2.54. The van der Waals surface area contributed by atoms with E-state index in [0.29, 0.717) is 18.2 Å². The molecule has 0 bridgehead atoms. The van der Waals surface area contributed by atoms with Crippen LogP contribution in [0.4, 0.5) is 5.13 Å². The molecule has 3 aromatic heterocycles. The second-order valence-corrected chi connectivity index (χ2v) is 8.63. The molecule has 7 nitrogen and oxygen atoms in total. The van der Waals surface area contributed by atoms with Gasteiger partial charge < -0.3 is 5.32 Å². The van der Waals surface area contributed by atoms with Gasteiger partial charge in [-0.3, -0.25) is 18.9 Å². The highest BCUT2D eigenvalue weighted by Crippen LogP contribution is 2.22. The van der Waals surface area contributed by atoms with Crippen LogP contribution in [0.15, 0.2) is 21.6 Å². The van der Waals surface area contributed by atoms with E-state index in [-0.39, 0.29) is 17.4 Å². The Labute approximate surface area is 164 Å². The van der Waals surface area contributed by atoms with Gasteiger partial charge in [0.15, 0.2) is 10.1 Å². The van der Waals surface area contributed by atoms with Crippen LogP contribution in [-0.2, 0) is 11.3 Å². The third-order valence-electron chi connectivity index (χ3n) is 4.74. The molecule has 0 radical (unpaired) electrons. The zero-order valence-corrected chi connectivity index (χ0v) is 16.9. The first kappa shape index (κ1) is 18.3. The summed E-state index contributed by atoms with van der Waals surface area (Å²) >= 11 is 2.92. The minimum absolute atomic E-state index is 0.0198. The van der Waals surface area contributed by atoms with Gasteiger partial charge in [0.1, 0.15) is 0 Å². The first-order valence-corrected chi connectivity index (χ1v) is 10.7. The molecule has 0 aromatic carbocycles. The van der Waals surface area contributed by atoms with E-state index < -0.39 is 0 Å². The van der Waals surface area contributed by atoms with Crippen LogP contribution >= 0.6 is 22.7 Å². The van der Waals surface area contributed by atoms with Gasteiger partial charge in [-0.2, -0.15) is 0 Å². The average Bonchev–Trinajstić information content (AvgIpc) is 3.21. The number of hydrogen-bond acceptors (Lipinski definition) is 7. The summed E-state index contributed by atoms with van der Waals surface area (Å²) in [6.45, 7) is 5.98. The Morgan fingerprint density at radius 2 is 2.15 bits per heavy atom. The number of anilines is 1. The lowest BCUT2D eigenvalue weighted by Gasteiger charge is -2.31. The molecule has 3 aromatic rings. The zero-order valence-electron chi connectivity index (χ0n) is 15.3. The number of carbonyl (C=O) groups is 1. The summed E-state index contributed by atoms with van der Waals surface area (Å²) in [4.78, 5) is 36.8. The van der Waals surface area contributed by atoms with Crippen LogP contribution in [0.1, 0.15) is 29.9 Å². The monoisotopic (exact) mass is 403 g/mol. The maximum absolute atomic E-state index is 12.6. The van der Waals surface area contributed by atoms with Gasteiger partial charge in [0.2, 0.25) is 5.91 Å². The molecule has 1 N–H and O–H groups in total. The molecule has 27 heavy (non-hydrogen) atoms. The number of hydrogen-bond donors (Lipinski definition) is 1. The van der Waals surface area contributed by atoms with E-state index in [1.807, 2.05) is 24.6 Å². The van der Waals surface area contributed by atoms with E-state index in [1.54, 1.807) is 10.5 Å². The molecule has 9 heteroatoms. The minimum Gasteiger partial charge on any atom is -0.302 e. The lowest BCUT2D eigenvalue weighted by atomic mass is 9.97. The van der Waals surface area contributed by atoms with Crippen molar-refractivity contribution in [1.82, 2.24) is 19.3 Å². The number of likely N-dealkylation sites (tertiary alicyclic amines) is 1. The third kappa shape index (κ3) is 3.95. The Morgan fingerprint density at radius 1 is 1.30 bits per heavy atom.